The van der Waals surface area contributed by atoms with E-state index in [1.54, 1.807) is 18.1 Å². The molecule has 1 N–H and O–H groups in total. The first kappa shape index (κ1) is 17.0. The van der Waals surface area contributed by atoms with Crippen molar-refractivity contribution in [2.75, 3.05) is 12.0 Å². The molecule has 0 saturated carbocycles. The van der Waals surface area contributed by atoms with Crippen LogP contribution in [-0.4, -0.2) is 30.1 Å². The fraction of sp³-hybridized carbons (Fsp3) is 0.300. The Morgan fingerprint density at radius 3 is 2.48 bits per heavy atom. The van der Waals surface area contributed by atoms with Gasteiger partial charge in [0, 0.05) is 11.7 Å². The highest BCUT2D eigenvalue weighted by Crippen LogP contribution is 2.38. The molecule has 0 unspecified atom stereocenters. The number of benzene rings is 2. The third-order valence-electron chi connectivity index (χ3n) is 4.67. The lowest BCUT2D eigenvalue weighted by molar-refractivity contribution is -0.139. The van der Waals surface area contributed by atoms with Crippen LogP contribution in [0.5, 0.6) is 5.75 Å². The minimum absolute atomic E-state index is 0.0334. The molecule has 1 heterocycles. The van der Waals surface area contributed by atoms with Gasteiger partial charge in [-0.15, -0.1) is 0 Å². The first-order valence-corrected chi connectivity index (χ1v) is 8.28. The SMILES string of the molecule is COc1ccc(CC(=O)N2c3ccccc3[C@H](C(=O)O)C[C@@H]2C)cc1. The lowest BCUT2D eigenvalue weighted by Gasteiger charge is -2.38. The van der Waals surface area contributed by atoms with Gasteiger partial charge >= 0.3 is 5.97 Å². The zero-order valence-corrected chi connectivity index (χ0v) is 14.3. The van der Waals surface area contributed by atoms with Crippen molar-refractivity contribution in [2.45, 2.75) is 31.7 Å². The van der Waals surface area contributed by atoms with E-state index in [0.29, 0.717) is 17.7 Å². The van der Waals surface area contributed by atoms with Gasteiger partial charge in [0.2, 0.25) is 5.91 Å². The summed E-state index contributed by atoms with van der Waals surface area (Å²) in [5, 5.41) is 9.50. The Hall–Kier alpha value is -2.82. The number of carbonyl (C=O) groups excluding carboxylic acids is 1. The molecule has 5 heteroatoms. The number of anilines is 1. The number of ether oxygens (including phenoxy) is 1. The number of hydrogen-bond acceptors (Lipinski definition) is 3. The molecule has 1 amide bonds. The van der Waals surface area contributed by atoms with E-state index in [1.807, 2.05) is 49.4 Å². The summed E-state index contributed by atoms with van der Waals surface area (Å²) in [4.78, 5) is 26.2. The van der Waals surface area contributed by atoms with E-state index in [4.69, 9.17) is 4.74 Å². The molecule has 25 heavy (non-hydrogen) atoms. The molecule has 2 atom stereocenters. The standard InChI is InChI=1S/C20H21NO4/c1-13-11-17(20(23)24)16-5-3-4-6-18(16)21(13)19(22)12-14-7-9-15(25-2)10-8-14/h3-10,13,17H,11-12H2,1-2H3,(H,23,24)/t13-,17+/m0/s1. The van der Waals surface area contributed by atoms with E-state index in [2.05, 4.69) is 0 Å². The fourth-order valence-electron chi connectivity index (χ4n) is 3.43. The van der Waals surface area contributed by atoms with Crippen molar-refractivity contribution >= 4 is 17.6 Å². The number of para-hydroxylation sites is 1. The van der Waals surface area contributed by atoms with Crippen LogP contribution in [0.3, 0.4) is 0 Å². The summed E-state index contributed by atoms with van der Waals surface area (Å²) in [6.07, 6.45) is 0.682. The average Bonchev–Trinajstić information content (AvgIpc) is 2.61. The Labute approximate surface area is 146 Å². The Bertz CT molecular complexity index is 785. The zero-order chi connectivity index (χ0) is 18.0. The van der Waals surface area contributed by atoms with Gasteiger partial charge in [-0.1, -0.05) is 30.3 Å². The molecule has 130 valence electrons. The molecular weight excluding hydrogens is 318 g/mol. The van der Waals surface area contributed by atoms with Crippen molar-refractivity contribution in [3.63, 3.8) is 0 Å². The molecule has 1 aliphatic heterocycles. The topological polar surface area (TPSA) is 66.8 Å². The van der Waals surface area contributed by atoms with Gasteiger partial charge in [-0.05, 0) is 42.7 Å². The molecule has 2 aromatic carbocycles. The van der Waals surface area contributed by atoms with Crippen LogP contribution in [0.25, 0.3) is 0 Å². The zero-order valence-electron chi connectivity index (χ0n) is 14.3. The maximum atomic E-state index is 12.9. The highest BCUT2D eigenvalue weighted by molar-refractivity contribution is 5.98. The molecule has 3 rings (SSSR count). The van der Waals surface area contributed by atoms with E-state index in [9.17, 15) is 14.7 Å². The van der Waals surface area contributed by atoms with Gasteiger partial charge in [-0.2, -0.15) is 0 Å². The van der Waals surface area contributed by atoms with E-state index in [-0.39, 0.29) is 18.4 Å². The van der Waals surface area contributed by atoms with Gasteiger partial charge in [-0.3, -0.25) is 9.59 Å². The highest BCUT2D eigenvalue weighted by Gasteiger charge is 2.36. The number of methoxy groups -OCH3 is 1. The van der Waals surface area contributed by atoms with Crippen molar-refractivity contribution in [3.05, 3.63) is 59.7 Å². The number of nitrogens with zero attached hydrogens (tertiary/aromatic N) is 1. The van der Waals surface area contributed by atoms with Crippen molar-refractivity contribution in [1.29, 1.82) is 0 Å². The third kappa shape index (κ3) is 3.36. The number of hydrogen-bond donors (Lipinski definition) is 1. The molecule has 5 nitrogen and oxygen atoms in total. The van der Waals surface area contributed by atoms with Gasteiger partial charge in [0.15, 0.2) is 0 Å². The Morgan fingerprint density at radius 1 is 1.16 bits per heavy atom. The van der Waals surface area contributed by atoms with Gasteiger partial charge < -0.3 is 14.7 Å². The number of carboxylic acid groups (broad SMARTS) is 1. The Balaban J connectivity index is 1.88. The predicted octanol–water partition coefficient (Wildman–Crippen LogP) is 3.23. The van der Waals surface area contributed by atoms with E-state index in [1.165, 1.54) is 0 Å². The molecular formula is C20H21NO4. The number of carbonyl (C=O) groups is 2. The van der Waals surface area contributed by atoms with Crippen LogP contribution in [0.1, 0.15) is 30.4 Å². The smallest absolute Gasteiger partial charge is 0.311 e. The quantitative estimate of drug-likeness (QED) is 0.929. The molecule has 2 aromatic rings. The summed E-state index contributed by atoms with van der Waals surface area (Å²) in [7, 11) is 1.60. The van der Waals surface area contributed by atoms with Crippen LogP contribution in [0.4, 0.5) is 5.69 Å². The fourth-order valence-corrected chi connectivity index (χ4v) is 3.43. The number of fused-ring (bicyclic) bond motifs is 1. The molecule has 0 bridgehead atoms. The van der Waals surface area contributed by atoms with Gasteiger partial charge in [0.05, 0.1) is 19.4 Å². The summed E-state index contributed by atoms with van der Waals surface area (Å²) in [5.74, 6) is -0.705. The maximum Gasteiger partial charge on any atom is 0.311 e. The second-order valence-corrected chi connectivity index (χ2v) is 6.32. The van der Waals surface area contributed by atoms with E-state index in [0.717, 1.165) is 11.3 Å². The van der Waals surface area contributed by atoms with Gasteiger partial charge in [0.1, 0.15) is 5.75 Å². The van der Waals surface area contributed by atoms with Crippen LogP contribution in [0.2, 0.25) is 0 Å². The van der Waals surface area contributed by atoms with Crippen LogP contribution in [0, 0.1) is 0 Å². The number of aliphatic carboxylic acids is 1. The largest absolute Gasteiger partial charge is 0.497 e. The molecule has 0 aliphatic carbocycles. The van der Waals surface area contributed by atoms with Crippen LogP contribution in [0.15, 0.2) is 48.5 Å². The van der Waals surface area contributed by atoms with Gasteiger partial charge in [0.25, 0.3) is 0 Å². The van der Waals surface area contributed by atoms with Crippen molar-refractivity contribution in [1.82, 2.24) is 0 Å². The van der Waals surface area contributed by atoms with Crippen molar-refractivity contribution in [2.24, 2.45) is 0 Å². The summed E-state index contributed by atoms with van der Waals surface area (Å²) < 4.78 is 5.14. The minimum atomic E-state index is -0.846. The average molecular weight is 339 g/mol. The monoisotopic (exact) mass is 339 g/mol. The number of amides is 1. The normalized spacial score (nSPS) is 19.2. The summed E-state index contributed by atoms with van der Waals surface area (Å²) >= 11 is 0. The Kier molecular flexibility index (Phi) is 4.74. The molecule has 0 spiro atoms. The van der Waals surface area contributed by atoms with E-state index >= 15 is 0 Å². The number of carboxylic acids is 1. The first-order valence-electron chi connectivity index (χ1n) is 8.28. The summed E-state index contributed by atoms with van der Waals surface area (Å²) in [6, 6.07) is 14.5. The van der Waals surface area contributed by atoms with Crippen LogP contribution in [-0.2, 0) is 16.0 Å². The molecule has 0 fully saturated rings. The van der Waals surface area contributed by atoms with Crippen molar-refractivity contribution < 1.29 is 19.4 Å². The van der Waals surface area contributed by atoms with Crippen molar-refractivity contribution in [3.8, 4) is 5.75 Å². The number of rotatable bonds is 4. The summed E-state index contributed by atoms with van der Waals surface area (Å²) in [6.45, 7) is 1.90. The van der Waals surface area contributed by atoms with Crippen LogP contribution >= 0.6 is 0 Å². The molecule has 0 aromatic heterocycles. The van der Waals surface area contributed by atoms with E-state index < -0.39 is 11.9 Å². The second kappa shape index (κ2) is 6.97. The molecule has 0 radical (unpaired) electrons. The molecule has 0 saturated heterocycles. The highest BCUT2D eigenvalue weighted by atomic mass is 16.5. The lowest BCUT2D eigenvalue weighted by Crippen LogP contribution is -2.45. The van der Waals surface area contributed by atoms with Gasteiger partial charge in [-0.25, -0.2) is 0 Å². The second-order valence-electron chi connectivity index (χ2n) is 6.32. The minimum Gasteiger partial charge on any atom is -0.497 e. The lowest BCUT2D eigenvalue weighted by atomic mass is 9.86. The summed E-state index contributed by atoms with van der Waals surface area (Å²) in [5.41, 5.74) is 2.30. The first-order chi connectivity index (χ1) is 12.0. The molecule has 1 aliphatic rings. The maximum absolute atomic E-state index is 12.9. The predicted molar refractivity (Wildman–Crippen MR) is 95.1 cm³/mol. The third-order valence-corrected chi connectivity index (χ3v) is 4.67. The van der Waals surface area contributed by atoms with Crippen LogP contribution < -0.4 is 9.64 Å². The Morgan fingerprint density at radius 2 is 1.84 bits per heavy atom.